The molecule has 3 aromatic rings. The Labute approximate surface area is 202 Å². The summed E-state index contributed by atoms with van der Waals surface area (Å²) in [5.74, 6) is -2.95. The molecule has 2 aliphatic heterocycles. The first-order valence-corrected chi connectivity index (χ1v) is 11.2. The Kier molecular flexibility index (Phi) is 6.02. The number of hydrogen-bond donors (Lipinski definition) is 0. The van der Waals surface area contributed by atoms with Gasteiger partial charge in [0, 0.05) is 50.4 Å². The van der Waals surface area contributed by atoms with Gasteiger partial charge in [-0.05, 0) is 19.9 Å². The van der Waals surface area contributed by atoms with Crippen molar-refractivity contribution in [1.29, 1.82) is 0 Å². The van der Waals surface area contributed by atoms with Gasteiger partial charge >= 0.3 is 6.03 Å². The van der Waals surface area contributed by atoms with Crippen LogP contribution < -0.4 is 4.90 Å². The van der Waals surface area contributed by atoms with Crippen LogP contribution in [-0.4, -0.2) is 73.1 Å². The normalized spacial score (nSPS) is 17.8. The van der Waals surface area contributed by atoms with Crippen molar-refractivity contribution < 1.29 is 22.4 Å². The van der Waals surface area contributed by atoms with E-state index in [1.54, 1.807) is 18.7 Å². The van der Waals surface area contributed by atoms with Gasteiger partial charge in [0.15, 0.2) is 23.3 Å². The molecule has 0 aliphatic carbocycles. The third kappa shape index (κ3) is 4.22. The number of hydrazone groups is 1. The summed E-state index contributed by atoms with van der Waals surface area (Å²) in [4.78, 5) is 29.0. The molecule has 1 fully saturated rings. The molecule has 0 unspecified atom stereocenters. The van der Waals surface area contributed by atoms with Gasteiger partial charge < -0.3 is 9.80 Å². The fourth-order valence-electron chi connectivity index (χ4n) is 4.29. The average molecular weight is 503 g/mol. The average Bonchev–Trinajstić information content (AvgIpc) is 3.47. The van der Waals surface area contributed by atoms with Crippen LogP contribution in [0, 0.1) is 37.1 Å². The monoisotopic (exact) mass is 503 g/mol. The van der Waals surface area contributed by atoms with Gasteiger partial charge in [0.05, 0.1) is 12.2 Å². The van der Waals surface area contributed by atoms with Crippen LogP contribution in [0.2, 0.25) is 0 Å². The second-order valence-corrected chi connectivity index (χ2v) is 8.40. The zero-order valence-electron chi connectivity index (χ0n) is 19.4. The molecule has 1 aromatic carbocycles. The van der Waals surface area contributed by atoms with Crippen LogP contribution in [-0.2, 0) is 0 Å². The zero-order valence-corrected chi connectivity index (χ0v) is 19.4. The largest absolute Gasteiger partial charge is 0.341 e. The molecule has 0 radical (unpaired) electrons. The maximum Gasteiger partial charge on any atom is 0.341 e. The molecule has 5 rings (SSSR count). The summed E-state index contributed by atoms with van der Waals surface area (Å²) in [6.07, 6.45) is 2.59. The molecule has 0 saturated carbocycles. The summed E-state index contributed by atoms with van der Waals surface area (Å²) in [7, 11) is 0. The second kappa shape index (κ2) is 9.17. The Morgan fingerprint density at radius 3 is 2.44 bits per heavy atom. The van der Waals surface area contributed by atoms with Gasteiger partial charge in [-0.1, -0.05) is 0 Å². The molecule has 36 heavy (non-hydrogen) atoms. The minimum atomic E-state index is -1.33. The van der Waals surface area contributed by atoms with Crippen molar-refractivity contribution in [3.8, 4) is 5.82 Å². The number of rotatable bonds is 3. The lowest BCUT2D eigenvalue weighted by Crippen LogP contribution is -2.52. The fraction of sp³-hybridized carbons (Fsp3) is 0.364. The number of aromatic nitrogens is 5. The number of benzene rings is 1. The standard InChI is InChI=1S/C22H21F4N9O/c1-12-29-13(2)34(31-12)20-17(25)11-27-21(30-20)32-5-7-33(8-6-32)22(36)35-18(3-4-28-35)15-9-14(23)10-16(24)19(15)26/h4,9-11,18H,3,5-8H2,1-2H3/t18-/m1/s1. The lowest BCUT2D eigenvalue weighted by Gasteiger charge is -2.37. The predicted octanol–water partition coefficient (Wildman–Crippen LogP) is 2.91. The van der Waals surface area contributed by atoms with E-state index in [1.165, 1.54) is 15.8 Å². The molecular formula is C22H21F4N9O. The predicted molar refractivity (Wildman–Crippen MR) is 120 cm³/mol. The maximum absolute atomic E-state index is 14.4. The van der Waals surface area contributed by atoms with Crippen molar-refractivity contribution in [2.24, 2.45) is 5.10 Å². The lowest BCUT2D eigenvalue weighted by atomic mass is 10.0. The summed E-state index contributed by atoms with van der Waals surface area (Å²) >= 11 is 0. The number of nitrogens with zero attached hydrogens (tertiary/aromatic N) is 9. The van der Waals surface area contributed by atoms with Gasteiger partial charge in [0.1, 0.15) is 17.5 Å². The molecule has 10 nitrogen and oxygen atoms in total. The van der Waals surface area contributed by atoms with E-state index in [-0.39, 0.29) is 36.8 Å². The third-order valence-corrected chi connectivity index (χ3v) is 6.03. The van der Waals surface area contributed by atoms with Crippen molar-refractivity contribution in [2.75, 3.05) is 31.1 Å². The molecule has 2 aliphatic rings. The first kappa shape index (κ1) is 23.6. The molecule has 0 spiro atoms. The van der Waals surface area contributed by atoms with Crippen LogP contribution >= 0.6 is 0 Å². The molecule has 1 saturated heterocycles. The number of carbonyl (C=O) groups excluding carboxylic acids is 1. The van der Waals surface area contributed by atoms with Crippen molar-refractivity contribution in [1.82, 2.24) is 34.6 Å². The number of aryl methyl sites for hydroxylation is 2. The van der Waals surface area contributed by atoms with Crippen LogP contribution in [0.5, 0.6) is 0 Å². The van der Waals surface area contributed by atoms with Gasteiger partial charge in [-0.3, -0.25) is 0 Å². The van der Waals surface area contributed by atoms with Gasteiger partial charge in [0.2, 0.25) is 5.95 Å². The van der Waals surface area contributed by atoms with Crippen molar-refractivity contribution in [2.45, 2.75) is 26.3 Å². The number of urea groups is 1. The van der Waals surface area contributed by atoms with Gasteiger partial charge in [-0.15, -0.1) is 5.10 Å². The summed E-state index contributed by atoms with van der Waals surface area (Å²) < 4.78 is 57.6. The number of anilines is 1. The van der Waals surface area contributed by atoms with Crippen LogP contribution in [0.15, 0.2) is 23.4 Å². The molecule has 0 bridgehead atoms. The van der Waals surface area contributed by atoms with E-state index in [0.29, 0.717) is 30.8 Å². The molecule has 2 aromatic heterocycles. The molecular weight excluding hydrogens is 482 g/mol. The van der Waals surface area contributed by atoms with E-state index in [4.69, 9.17) is 0 Å². The van der Waals surface area contributed by atoms with Gasteiger partial charge in [-0.2, -0.15) is 14.8 Å². The highest BCUT2D eigenvalue weighted by Gasteiger charge is 2.35. The van der Waals surface area contributed by atoms with Crippen molar-refractivity contribution in [3.63, 3.8) is 0 Å². The van der Waals surface area contributed by atoms with Crippen LogP contribution in [0.25, 0.3) is 5.82 Å². The van der Waals surface area contributed by atoms with E-state index in [1.807, 2.05) is 0 Å². The molecule has 1 atom stereocenters. The smallest absolute Gasteiger partial charge is 0.337 e. The van der Waals surface area contributed by atoms with E-state index in [2.05, 4.69) is 25.2 Å². The van der Waals surface area contributed by atoms with E-state index >= 15 is 0 Å². The Morgan fingerprint density at radius 2 is 1.75 bits per heavy atom. The Balaban J connectivity index is 1.29. The molecule has 188 valence electrons. The molecule has 14 heteroatoms. The molecule has 0 N–H and O–H groups in total. The van der Waals surface area contributed by atoms with E-state index in [0.717, 1.165) is 17.3 Å². The molecule has 2 amide bonds. The van der Waals surface area contributed by atoms with Gasteiger partial charge in [0.25, 0.3) is 0 Å². The second-order valence-electron chi connectivity index (χ2n) is 8.40. The SMILES string of the molecule is Cc1nc(C)n(-c2nc(N3CCN(C(=O)N4N=CC[C@@H]4c4cc(F)cc(F)c4F)CC3)ncc2F)n1. The van der Waals surface area contributed by atoms with Crippen LogP contribution in [0.1, 0.15) is 29.7 Å². The highest BCUT2D eigenvalue weighted by Crippen LogP contribution is 2.32. The Morgan fingerprint density at radius 1 is 1.00 bits per heavy atom. The minimum Gasteiger partial charge on any atom is -0.337 e. The van der Waals surface area contributed by atoms with Crippen LogP contribution in [0.3, 0.4) is 0 Å². The number of amides is 2. The summed E-state index contributed by atoms with van der Waals surface area (Å²) in [5, 5.41) is 9.23. The lowest BCUT2D eigenvalue weighted by molar-refractivity contribution is 0.138. The fourth-order valence-corrected chi connectivity index (χ4v) is 4.29. The summed E-state index contributed by atoms with van der Waals surface area (Å²) in [6, 6.07) is -0.156. The third-order valence-electron chi connectivity index (χ3n) is 6.03. The topological polar surface area (TPSA) is 95.6 Å². The van der Waals surface area contributed by atoms with Gasteiger partial charge in [-0.25, -0.2) is 37.3 Å². The number of piperazine rings is 1. The molecule has 4 heterocycles. The number of hydrogen-bond acceptors (Lipinski definition) is 7. The minimum absolute atomic E-state index is 0.0322. The highest BCUT2D eigenvalue weighted by atomic mass is 19.2. The Bertz CT molecular complexity index is 1350. The van der Waals surface area contributed by atoms with Crippen LogP contribution in [0.4, 0.5) is 28.3 Å². The van der Waals surface area contributed by atoms with Crippen molar-refractivity contribution in [3.05, 3.63) is 58.8 Å². The van der Waals surface area contributed by atoms with E-state index < -0.39 is 35.3 Å². The maximum atomic E-state index is 14.4. The quantitative estimate of drug-likeness (QED) is 0.403. The summed E-state index contributed by atoms with van der Waals surface area (Å²) in [6.45, 7) is 4.52. The highest BCUT2D eigenvalue weighted by molar-refractivity contribution is 5.78. The van der Waals surface area contributed by atoms with Crippen molar-refractivity contribution >= 4 is 18.2 Å². The number of halogens is 4. The zero-order chi connectivity index (χ0) is 25.6. The number of carbonyl (C=O) groups is 1. The summed E-state index contributed by atoms with van der Waals surface area (Å²) in [5.41, 5.74) is -0.275. The first-order chi connectivity index (χ1) is 17.2. The van der Waals surface area contributed by atoms with E-state index in [9.17, 15) is 22.4 Å². The Hall–Kier alpha value is -4.10. The first-order valence-electron chi connectivity index (χ1n) is 11.2.